The van der Waals surface area contributed by atoms with Crippen molar-refractivity contribution in [2.75, 3.05) is 6.61 Å². The second-order valence-electron chi connectivity index (χ2n) is 4.70. The fraction of sp³-hybridized carbons (Fsp3) is 0.267. The Balaban J connectivity index is 2.45. The van der Waals surface area contributed by atoms with Crippen molar-refractivity contribution >= 4 is 0 Å². The number of hydrogen-bond donors (Lipinski definition) is 1. The van der Waals surface area contributed by atoms with Crippen molar-refractivity contribution in [1.29, 1.82) is 0 Å². The minimum Gasteiger partial charge on any atom is -0.492 e. The highest BCUT2D eigenvalue weighted by Crippen LogP contribution is 2.29. The maximum Gasteiger partial charge on any atom is 0.137 e. The summed E-state index contributed by atoms with van der Waals surface area (Å²) in [6.45, 7) is 4.03. The summed E-state index contributed by atoms with van der Waals surface area (Å²) < 4.78 is 32.0. The van der Waals surface area contributed by atoms with Crippen molar-refractivity contribution in [2.45, 2.75) is 19.4 Å². The van der Waals surface area contributed by atoms with Gasteiger partial charge in [-0.1, -0.05) is 0 Å². The van der Waals surface area contributed by atoms with Gasteiger partial charge in [-0.05, 0) is 43.2 Å². The average Bonchev–Trinajstić information content (AvgIpc) is 2.38. The highest BCUT2D eigenvalue weighted by molar-refractivity contribution is 5.39. The van der Waals surface area contributed by atoms with E-state index in [1.54, 1.807) is 25.4 Å². The van der Waals surface area contributed by atoms with Crippen LogP contribution < -0.4 is 10.5 Å². The summed E-state index contributed by atoms with van der Waals surface area (Å²) in [6, 6.07) is 4.97. The van der Waals surface area contributed by atoms with E-state index < -0.39 is 17.2 Å². The normalized spacial score (nSPS) is 13.8. The second-order valence-corrected chi connectivity index (χ2v) is 4.70. The first-order chi connectivity index (χ1) is 9.43. The second kappa shape index (κ2) is 5.54. The Labute approximate surface area is 116 Å². The Kier molecular flexibility index (Phi) is 3.99. The third-order valence-electron chi connectivity index (χ3n) is 3.09. The van der Waals surface area contributed by atoms with Crippen LogP contribution in [0.3, 0.4) is 0 Å². The Morgan fingerprint density at radius 3 is 2.35 bits per heavy atom. The summed E-state index contributed by atoms with van der Waals surface area (Å²) in [5.74, 6) is -0.755. The SMILES string of the molecule is CCOc1cncc(C(C)(N)c2cc(F)cc(F)c2)c1. The molecule has 2 aromatic rings. The van der Waals surface area contributed by atoms with Crippen LogP contribution in [0.4, 0.5) is 8.78 Å². The smallest absolute Gasteiger partial charge is 0.137 e. The third kappa shape index (κ3) is 2.93. The molecule has 20 heavy (non-hydrogen) atoms. The van der Waals surface area contributed by atoms with Crippen LogP contribution >= 0.6 is 0 Å². The predicted molar refractivity (Wildman–Crippen MR) is 72.4 cm³/mol. The van der Waals surface area contributed by atoms with E-state index in [0.29, 0.717) is 23.5 Å². The summed E-state index contributed by atoms with van der Waals surface area (Å²) in [7, 11) is 0. The molecule has 0 spiro atoms. The van der Waals surface area contributed by atoms with Crippen molar-refractivity contribution in [2.24, 2.45) is 5.73 Å². The van der Waals surface area contributed by atoms with E-state index in [9.17, 15) is 8.78 Å². The zero-order valence-electron chi connectivity index (χ0n) is 11.4. The molecule has 0 aliphatic heterocycles. The molecule has 1 aromatic carbocycles. The molecule has 1 aromatic heterocycles. The Bertz CT molecular complexity index is 594. The summed E-state index contributed by atoms with van der Waals surface area (Å²) in [5.41, 5.74) is 6.12. The lowest BCUT2D eigenvalue weighted by Crippen LogP contribution is -2.34. The number of ether oxygens (including phenoxy) is 1. The molecule has 5 heteroatoms. The maximum absolute atomic E-state index is 13.3. The molecular weight excluding hydrogens is 262 g/mol. The quantitative estimate of drug-likeness (QED) is 0.935. The van der Waals surface area contributed by atoms with Gasteiger partial charge in [-0.15, -0.1) is 0 Å². The first-order valence-corrected chi connectivity index (χ1v) is 6.27. The molecule has 1 atom stereocenters. The molecule has 0 aliphatic rings. The predicted octanol–water partition coefficient (Wildman–Crippen LogP) is 2.98. The highest BCUT2D eigenvalue weighted by Gasteiger charge is 2.26. The van der Waals surface area contributed by atoms with Crippen LogP contribution in [0.25, 0.3) is 0 Å². The number of nitrogens with zero attached hydrogens (tertiary/aromatic N) is 1. The molecular formula is C15H16F2N2O. The average molecular weight is 278 g/mol. The van der Waals surface area contributed by atoms with Gasteiger partial charge in [0, 0.05) is 12.3 Å². The van der Waals surface area contributed by atoms with Crippen LogP contribution in [0.5, 0.6) is 5.75 Å². The van der Waals surface area contributed by atoms with Gasteiger partial charge in [0.05, 0.1) is 18.3 Å². The summed E-state index contributed by atoms with van der Waals surface area (Å²) in [6.07, 6.45) is 3.13. The van der Waals surface area contributed by atoms with Gasteiger partial charge < -0.3 is 10.5 Å². The van der Waals surface area contributed by atoms with Gasteiger partial charge in [-0.2, -0.15) is 0 Å². The molecule has 0 saturated carbocycles. The molecule has 0 saturated heterocycles. The molecule has 106 valence electrons. The van der Waals surface area contributed by atoms with E-state index in [2.05, 4.69) is 4.98 Å². The molecule has 1 unspecified atom stereocenters. The summed E-state index contributed by atoms with van der Waals surface area (Å²) >= 11 is 0. The van der Waals surface area contributed by atoms with E-state index in [1.165, 1.54) is 12.1 Å². The number of pyridine rings is 1. The van der Waals surface area contributed by atoms with Crippen LogP contribution in [0.15, 0.2) is 36.7 Å². The Hall–Kier alpha value is -2.01. The van der Waals surface area contributed by atoms with Gasteiger partial charge in [0.15, 0.2) is 0 Å². The number of rotatable bonds is 4. The fourth-order valence-corrected chi connectivity index (χ4v) is 1.97. The lowest BCUT2D eigenvalue weighted by Gasteiger charge is -2.26. The highest BCUT2D eigenvalue weighted by atomic mass is 19.1. The minimum absolute atomic E-state index is 0.338. The number of halogens is 2. The van der Waals surface area contributed by atoms with Gasteiger partial charge >= 0.3 is 0 Å². The topological polar surface area (TPSA) is 48.1 Å². The molecule has 0 amide bonds. The first kappa shape index (κ1) is 14.4. The van der Waals surface area contributed by atoms with E-state index in [4.69, 9.17) is 10.5 Å². The molecule has 1 heterocycles. The van der Waals surface area contributed by atoms with E-state index in [-0.39, 0.29) is 0 Å². The summed E-state index contributed by atoms with van der Waals surface area (Å²) in [5, 5.41) is 0. The standard InChI is InChI=1S/C15H16F2N2O/c1-3-20-14-6-11(8-19-9-14)15(2,18)10-4-12(16)7-13(17)5-10/h4-9H,3,18H2,1-2H3. The number of aromatic nitrogens is 1. The van der Waals surface area contributed by atoms with E-state index >= 15 is 0 Å². The zero-order chi connectivity index (χ0) is 14.8. The largest absolute Gasteiger partial charge is 0.492 e. The van der Waals surface area contributed by atoms with Gasteiger partial charge in [-0.25, -0.2) is 8.78 Å². The van der Waals surface area contributed by atoms with Crippen LogP contribution in [-0.4, -0.2) is 11.6 Å². The molecule has 0 aliphatic carbocycles. The van der Waals surface area contributed by atoms with Gasteiger partial charge in [0.2, 0.25) is 0 Å². The first-order valence-electron chi connectivity index (χ1n) is 6.27. The lowest BCUT2D eigenvalue weighted by atomic mass is 9.86. The number of nitrogens with two attached hydrogens (primary N) is 1. The van der Waals surface area contributed by atoms with Crippen LogP contribution in [-0.2, 0) is 5.54 Å². The third-order valence-corrected chi connectivity index (χ3v) is 3.09. The number of hydrogen-bond acceptors (Lipinski definition) is 3. The Morgan fingerprint density at radius 1 is 1.10 bits per heavy atom. The van der Waals surface area contributed by atoms with Crippen molar-refractivity contribution in [3.8, 4) is 5.75 Å². The maximum atomic E-state index is 13.3. The minimum atomic E-state index is -1.07. The van der Waals surface area contributed by atoms with E-state index in [1.807, 2.05) is 6.92 Å². The van der Waals surface area contributed by atoms with Gasteiger partial charge in [-0.3, -0.25) is 4.98 Å². The van der Waals surface area contributed by atoms with Gasteiger partial charge in [0.25, 0.3) is 0 Å². The van der Waals surface area contributed by atoms with Crippen molar-refractivity contribution in [3.63, 3.8) is 0 Å². The lowest BCUT2D eigenvalue weighted by molar-refractivity contribution is 0.337. The van der Waals surface area contributed by atoms with Crippen molar-refractivity contribution in [3.05, 3.63) is 59.4 Å². The molecule has 2 rings (SSSR count). The molecule has 0 bridgehead atoms. The molecule has 0 radical (unpaired) electrons. The van der Waals surface area contributed by atoms with Crippen molar-refractivity contribution < 1.29 is 13.5 Å². The molecule has 0 fully saturated rings. The number of benzene rings is 1. The monoisotopic (exact) mass is 278 g/mol. The van der Waals surface area contributed by atoms with Crippen molar-refractivity contribution in [1.82, 2.24) is 4.98 Å². The van der Waals surface area contributed by atoms with E-state index in [0.717, 1.165) is 6.07 Å². The van der Waals surface area contributed by atoms with Crippen LogP contribution in [0.1, 0.15) is 25.0 Å². The van der Waals surface area contributed by atoms with Gasteiger partial charge in [0.1, 0.15) is 17.4 Å². The zero-order valence-corrected chi connectivity index (χ0v) is 11.4. The Morgan fingerprint density at radius 2 is 1.75 bits per heavy atom. The molecule has 3 nitrogen and oxygen atoms in total. The summed E-state index contributed by atoms with van der Waals surface area (Å²) in [4.78, 5) is 4.05. The van der Waals surface area contributed by atoms with Crippen LogP contribution in [0.2, 0.25) is 0 Å². The fourth-order valence-electron chi connectivity index (χ4n) is 1.97. The van der Waals surface area contributed by atoms with Crippen LogP contribution in [0, 0.1) is 11.6 Å². The molecule has 2 N–H and O–H groups in total.